The first-order valence-electron chi connectivity index (χ1n) is 8.60. The number of hydrogen-bond acceptors (Lipinski definition) is 2. The van der Waals surface area contributed by atoms with Crippen LogP contribution in [-0.2, 0) is 17.9 Å². The van der Waals surface area contributed by atoms with E-state index in [-0.39, 0.29) is 18.2 Å². The Balaban J connectivity index is 1.76. The van der Waals surface area contributed by atoms with Crippen LogP contribution in [0.3, 0.4) is 0 Å². The van der Waals surface area contributed by atoms with Crippen molar-refractivity contribution in [1.82, 2.24) is 9.88 Å². The number of Topliss-reactive ketones (excluding diaryl/α,β-unsaturated/α-hetero) is 1. The first kappa shape index (κ1) is 17.0. The second-order valence-corrected chi connectivity index (χ2v) is 6.12. The highest BCUT2D eigenvalue weighted by Gasteiger charge is 2.15. The van der Waals surface area contributed by atoms with E-state index >= 15 is 0 Å². The molecule has 0 saturated carbocycles. The van der Waals surface area contributed by atoms with E-state index in [2.05, 4.69) is 5.32 Å². The zero-order valence-electron chi connectivity index (χ0n) is 14.4. The maximum atomic E-state index is 12.4. The number of nitrogens with one attached hydrogen (secondary N) is 1. The summed E-state index contributed by atoms with van der Waals surface area (Å²) in [6.45, 7) is 2.70. The SMILES string of the molecule is CCCC(=O)c1cn(CC(=O)NCc2ccccc2)c2ccccc12. The molecule has 1 N–H and O–H groups in total. The highest BCUT2D eigenvalue weighted by molar-refractivity contribution is 6.08. The van der Waals surface area contributed by atoms with Gasteiger partial charge < -0.3 is 9.88 Å². The minimum atomic E-state index is -0.0703. The van der Waals surface area contributed by atoms with E-state index in [1.54, 1.807) is 0 Å². The number of carbonyl (C=O) groups excluding carboxylic acids is 2. The summed E-state index contributed by atoms with van der Waals surface area (Å²) in [4.78, 5) is 24.7. The molecule has 0 aliphatic rings. The van der Waals surface area contributed by atoms with Crippen molar-refractivity contribution in [3.05, 3.63) is 71.9 Å². The second kappa shape index (κ2) is 7.79. The highest BCUT2D eigenvalue weighted by Crippen LogP contribution is 2.23. The smallest absolute Gasteiger partial charge is 0.240 e. The Morgan fingerprint density at radius 3 is 2.48 bits per heavy atom. The third-order valence-corrected chi connectivity index (χ3v) is 4.21. The highest BCUT2D eigenvalue weighted by atomic mass is 16.2. The first-order valence-corrected chi connectivity index (χ1v) is 8.60. The van der Waals surface area contributed by atoms with Gasteiger partial charge in [0.1, 0.15) is 6.54 Å². The van der Waals surface area contributed by atoms with Crippen LogP contribution in [0, 0.1) is 0 Å². The van der Waals surface area contributed by atoms with Gasteiger partial charge in [0, 0.05) is 35.6 Å². The van der Waals surface area contributed by atoms with Gasteiger partial charge in [-0.3, -0.25) is 9.59 Å². The molecule has 0 bridgehead atoms. The molecule has 2 aromatic carbocycles. The van der Waals surface area contributed by atoms with Gasteiger partial charge in [0.25, 0.3) is 0 Å². The third-order valence-electron chi connectivity index (χ3n) is 4.21. The fourth-order valence-electron chi connectivity index (χ4n) is 2.97. The average molecular weight is 334 g/mol. The molecule has 0 aliphatic heterocycles. The number of ketones is 1. The van der Waals surface area contributed by atoms with Gasteiger partial charge in [-0.15, -0.1) is 0 Å². The number of benzene rings is 2. The van der Waals surface area contributed by atoms with Gasteiger partial charge in [0.15, 0.2) is 5.78 Å². The van der Waals surface area contributed by atoms with E-state index < -0.39 is 0 Å². The Hall–Kier alpha value is -2.88. The number of aromatic nitrogens is 1. The molecular weight excluding hydrogens is 312 g/mol. The molecule has 1 aromatic heterocycles. The van der Waals surface area contributed by atoms with Crippen molar-refractivity contribution in [3.8, 4) is 0 Å². The van der Waals surface area contributed by atoms with Gasteiger partial charge in [-0.1, -0.05) is 55.5 Å². The number of nitrogens with zero attached hydrogens (tertiary/aromatic N) is 1. The molecule has 0 fully saturated rings. The standard InChI is InChI=1S/C21H22N2O2/c1-2-8-20(24)18-14-23(19-12-7-6-11-17(18)19)15-21(25)22-13-16-9-4-3-5-10-16/h3-7,9-12,14H,2,8,13,15H2,1H3,(H,22,25). The van der Waals surface area contributed by atoms with Crippen LogP contribution in [0.5, 0.6) is 0 Å². The predicted octanol–water partition coefficient (Wildman–Crippen LogP) is 3.94. The lowest BCUT2D eigenvalue weighted by molar-refractivity contribution is -0.121. The number of rotatable bonds is 7. The van der Waals surface area contributed by atoms with Crippen molar-refractivity contribution in [2.24, 2.45) is 0 Å². The molecule has 0 atom stereocenters. The van der Waals surface area contributed by atoms with Crippen molar-refractivity contribution < 1.29 is 9.59 Å². The van der Waals surface area contributed by atoms with E-state index in [1.807, 2.05) is 72.3 Å². The van der Waals surface area contributed by atoms with Crippen LogP contribution in [0.25, 0.3) is 10.9 Å². The Labute approximate surface area is 147 Å². The molecule has 0 saturated heterocycles. The Morgan fingerprint density at radius 2 is 1.72 bits per heavy atom. The molecular formula is C21H22N2O2. The van der Waals surface area contributed by atoms with E-state index in [4.69, 9.17) is 0 Å². The summed E-state index contributed by atoms with van der Waals surface area (Å²) < 4.78 is 1.86. The van der Waals surface area contributed by atoms with E-state index in [0.29, 0.717) is 18.5 Å². The summed E-state index contributed by atoms with van der Waals surface area (Å²) in [6.07, 6.45) is 3.15. The van der Waals surface area contributed by atoms with Gasteiger partial charge in [-0.2, -0.15) is 0 Å². The summed E-state index contributed by atoms with van der Waals surface area (Å²) in [5, 5.41) is 3.84. The fourth-order valence-corrected chi connectivity index (χ4v) is 2.97. The normalized spacial score (nSPS) is 10.8. The van der Waals surface area contributed by atoms with Crippen LogP contribution in [0.4, 0.5) is 0 Å². The predicted molar refractivity (Wildman–Crippen MR) is 99.5 cm³/mol. The van der Waals surface area contributed by atoms with Gasteiger partial charge in [-0.25, -0.2) is 0 Å². The molecule has 1 amide bonds. The van der Waals surface area contributed by atoms with Crippen LogP contribution < -0.4 is 5.32 Å². The molecule has 4 nitrogen and oxygen atoms in total. The van der Waals surface area contributed by atoms with Crippen LogP contribution in [0.2, 0.25) is 0 Å². The number of para-hydroxylation sites is 1. The molecule has 0 radical (unpaired) electrons. The van der Waals surface area contributed by atoms with Gasteiger partial charge >= 0.3 is 0 Å². The molecule has 3 rings (SSSR count). The quantitative estimate of drug-likeness (QED) is 0.665. The molecule has 128 valence electrons. The van der Waals surface area contributed by atoms with Crippen molar-refractivity contribution in [2.45, 2.75) is 32.9 Å². The Kier molecular flexibility index (Phi) is 5.29. The number of hydrogen-bond donors (Lipinski definition) is 1. The lowest BCUT2D eigenvalue weighted by Crippen LogP contribution is -2.26. The van der Waals surface area contributed by atoms with E-state index in [0.717, 1.165) is 22.9 Å². The van der Waals surface area contributed by atoms with Crippen molar-refractivity contribution >= 4 is 22.6 Å². The maximum Gasteiger partial charge on any atom is 0.240 e. The topological polar surface area (TPSA) is 51.1 Å². The number of amides is 1. The zero-order valence-corrected chi connectivity index (χ0v) is 14.4. The number of carbonyl (C=O) groups is 2. The third kappa shape index (κ3) is 3.97. The molecule has 0 unspecified atom stereocenters. The van der Waals surface area contributed by atoms with Crippen molar-refractivity contribution in [2.75, 3.05) is 0 Å². The van der Waals surface area contributed by atoms with Crippen LogP contribution >= 0.6 is 0 Å². The molecule has 0 aliphatic carbocycles. The monoisotopic (exact) mass is 334 g/mol. The summed E-state index contributed by atoms with van der Waals surface area (Å²) in [5.41, 5.74) is 2.68. The largest absolute Gasteiger partial charge is 0.350 e. The molecule has 0 spiro atoms. The zero-order chi connectivity index (χ0) is 17.6. The summed E-state index contributed by atoms with van der Waals surface area (Å²) in [6, 6.07) is 17.5. The summed E-state index contributed by atoms with van der Waals surface area (Å²) in [7, 11) is 0. The number of fused-ring (bicyclic) bond motifs is 1. The minimum Gasteiger partial charge on any atom is -0.350 e. The summed E-state index contributed by atoms with van der Waals surface area (Å²) in [5.74, 6) is 0.0567. The van der Waals surface area contributed by atoms with E-state index in [1.165, 1.54) is 0 Å². The van der Waals surface area contributed by atoms with Crippen LogP contribution in [-0.4, -0.2) is 16.3 Å². The van der Waals surface area contributed by atoms with Gasteiger partial charge in [0.05, 0.1) is 0 Å². The van der Waals surface area contributed by atoms with Gasteiger partial charge in [-0.05, 0) is 18.1 Å². The molecule has 25 heavy (non-hydrogen) atoms. The van der Waals surface area contributed by atoms with Crippen LogP contribution in [0.15, 0.2) is 60.8 Å². The average Bonchev–Trinajstić information content (AvgIpc) is 3.00. The van der Waals surface area contributed by atoms with E-state index in [9.17, 15) is 9.59 Å². The second-order valence-electron chi connectivity index (χ2n) is 6.12. The molecule has 4 heteroatoms. The fraction of sp³-hybridized carbons (Fsp3) is 0.238. The maximum absolute atomic E-state index is 12.4. The van der Waals surface area contributed by atoms with Crippen molar-refractivity contribution in [1.29, 1.82) is 0 Å². The minimum absolute atomic E-state index is 0.0703. The van der Waals surface area contributed by atoms with Crippen LogP contribution in [0.1, 0.15) is 35.7 Å². The van der Waals surface area contributed by atoms with Crippen molar-refractivity contribution in [3.63, 3.8) is 0 Å². The summed E-state index contributed by atoms with van der Waals surface area (Å²) >= 11 is 0. The molecule has 3 aromatic rings. The van der Waals surface area contributed by atoms with Gasteiger partial charge in [0.2, 0.25) is 5.91 Å². The Bertz CT molecular complexity index is 881. The Morgan fingerprint density at radius 1 is 1.00 bits per heavy atom. The molecule has 1 heterocycles. The first-order chi connectivity index (χ1) is 12.2. The lowest BCUT2D eigenvalue weighted by atomic mass is 10.1. The lowest BCUT2D eigenvalue weighted by Gasteiger charge is -2.07.